The molecule has 36 heavy (non-hydrogen) atoms. The minimum absolute atomic E-state index is 0.0159. The summed E-state index contributed by atoms with van der Waals surface area (Å²) in [5, 5.41) is 31.1. The standard InChI is InChI=1S/C25H23F2N5O4/c26-25(27)15-32(23(35)20(34)14-33)11-9-22(25)36-21-7-6-16(12-17(21)13-28)19-8-10-29-24(31-19)30-18-4-2-1-3-5-18/h1-8,10,12,20,22,33-34H,9,11,14-15H2,(H,29,30,31). The molecule has 0 aliphatic carbocycles. The molecular weight excluding hydrogens is 472 g/mol. The normalized spacial score (nSPS) is 17.6. The third-order valence-electron chi connectivity index (χ3n) is 5.65. The lowest BCUT2D eigenvalue weighted by molar-refractivity contribution is -0.167. The summed E-state index contributed by atoms with van der Waals surface area (Å²) in [6.45, 7) is -1.91. The van der Waals surface area contributed by atoms with Gasteiger partial charge in [0.2, 0.25) is 5.95 Å². The summed E-state index contributed by atoms with van der Waals surface area (Å²) in [5.41, 5.74) is 1.94. The Hall–Kier alpha value is -4.14. The highest BCUT2D eigenvalue weighted by Gasteiger charge is 2.48. The molecule has 1 fully saturated rings. The average molecular weight is 495 g/mol. The van der Waals surface area contributed by atoms with Crippen LogP contribution in [-0.2, 0) is 4.79 Å². The number of likely N-dealkylation sites (tertiary alicyclic amines) is 1. The zero-order valence-electron chi connectivity index (χ0n) is 19.0. The van der Waals surface area contributed by atoms with Crippen molar-refractivity contribution in [3.8, 4) is 23.1 Å². The Labute approximate surface area is 205 Å². The van der Waals surface area contributed by atoms with Gasteiger partial charge in [0, 0.05) is 30.4 Å². The van der Waals surface area contributed by atoms with Gasteiger partial charge in [-0.2, -0.15) is 5.26 Å². The predicted octanol–water partition coefficient (Wildman–Crippen LogP) is 2.73. The first-order valence-electron chi connectivity index (χ1n) is 11.1. The second-order valence-electron chi connectivity index (χ2n) is 8.19. The van der Waals surface area contributed by atoms with Crippen LogP contribution in [0.4, 0.5) is 20.4 Å². The van der Waals surface area contributed by atoms with E-state index in [1.54, 1.807) is 18.3 Å². The molecular formula is C25H23F2N5O4. The number of carbonyl (C=O) groups excluding carboxylic acids is 1. The molecule has 1 aromatic heterocycles. The van der Waals surface area contributed by atoms with E-state index in [0.717, 1.165) is 10.6 Å². The van der Waals surface area contributed by atoms with Crippen molar-refractivity contribution in [2.45, 2.75) is 24.6 Å². The van der Waals surface area contributed by atoms with Crippen LogP contribution in [-0.4, -0.2) is 68.8 Å². The van der Waals surface area contributed by atoms with Gasteiger partial charge in [0.05, 0.1) is 24.4 Å². The van der Waals surface area contributed by atoms with Crippen LogP contribution in [0.15, 0.2) is 60.8 Å². The van der Waals surface area contributed by atoms with Gasteiger partial charge in [-0.3, -0.25) is 4.79 Å². The number of para-hydroxylation sites is 1. The van der Waals surface area contributed by atoms with Gasteiger partial charge in [-0.15, -0.1) is 0 Å². The molecule has 1 saturated heterocycles. The van der Waals surface area contributed by atoms with E-state index in [9.17, 15) is 23.9 Å². The summed E-state index contributed by atoms with van der Waals surface area (Å²) in [6, 6.07) is 17.5. The van der Waals surface area contributed by atoms with Crippen molar-refractivity contribution in [3.05, 3.63) is 66.4 Å². The fraction of sp³-hybridized carbons (Fsp3) is 0.280. The highest BCUT2D eigenvalue weighted by atomic mass is 19.3. The van der Waals surface area contributed by atoms with Crippen LogP contribution in [0.2, 0.25) is 0 Å². The van der Waals surface area contributed by atoms with Gasteiger partial charge in [-0.1, -0.05) is 18.2 Å². The molecule has 0 saturated carbocycles. The van der Waals surface area contributed by atoms with E-state index < -0.39 is 37.2 Å². The van der Waals surface area contributed by atoms with Crippen LogP contribution < -0.4 is 10.1 Å². The molecule has 0 spiro atoms. The summed E-state index contributed by atoms with van der Waals surface area (Å²) in [5.74, 6) is -4.06. The number of rotatable bonds is 7. The van der Waals surface area contributed by atoms with Crippen LogP contribution >= 0.6 is 0 Å². The predicted molar refractivity (Wildman–Crippen MR) is 126 cm³/mol. The second-order valence-corrected chi connectivity index (χ2v) is 8.19. The van der Waals surface area contributed by atoms with Gasteiger partial charge in [0.15, 0.2) is 12.2 Å². The molecule has 1 aliphatic rings. The average Bonchev–Trinajstić information content (AvgIpc) is 2.89. The number of anilines is 2. The smallest absolute Gasteiger partial charge is 0.301 e. The van der Waals surface area contributed by atoms with E-state index in [1.165, 1.54) is 12.1 Å². The minimum Gasteiger partial charge on any atom is -0.483 e. The van der Waals surface area contributed by atoms with Gasteiger partial charge in [0.25, 0.3) is 5.91 Å². The number of nitrogens with one attached hydrogen (secondary N) is 1. The van der Waals surface area contributed by atoms with E-state index in [0.29, 0.717) is 17.2 Å². The molecule has 1 aliphatic heterocycles. The van der Waals surface area contributed by atoms with Crippen molar-refractivity contribution in [2.75, 3.05) is 25.0 Å². The summed E-state index contributed by atoms with van der Waals surface area (Å²) < 4.78 is 35.1. The molecule has 2 atom stereocenters. The molecule has 9 nitrogen and oxygen atoms in total. The number of benzene rings is 2. The van der Waals surface area contributed by atoms with Gasteiger partial charge < -0.3 is 25.2 Å². The zero-order valence-corrected chi connectivity index (χ0v) is 19.0. The number of hydrogen-bond acceptors (Lipinski definition) is 8. The molecule has 3 N–H and O–H groups in total. The minimum atomic E-state index is -3.43. The van der Waals surface area contributed by atoms with Crippen molar-refractivity contribution >= 4 is 17.5 Å². The molecule has 0 bridgehead atoms. The summed E-state index contributed by atoms with van der Waals surface area (Å²) in [6.07, 6.45) is -1.98. The summed E-state index contributed by atoms with van der Waals surface area (Å²) >= 11 is 0. The Balaban J connectivity index is 1.50. The number of carbonyl (C=O) groups is 1. The van der Waals surface area contributed by atoms with Gasteiger partial charge in [-0.05, 0) is 36.4 Å². The lowest BCUT2D eigenvalue weighted by atomic mass is 10.0. The first-order valence-corrected chi connectivity index (χ1v) is 11.1. The molecule has 4 rings (SSSR count). The fourth-order valence-electron chi connectivity index (χ4n) is 3.80. The highest BCUT2D eigenvalue weighted by molar-refractivity contribution is 5.81. The summed E-state index contributed by atoms with van der Waals surface area (Å²) in [4.78, 5) is 21.4. The lowest BCUT2D eigenvalue weighted by Gasteiger charge is -2.38. The van der Waals surface area contributed by atoms with Crippen LogP contribution in [0.25, 0.3) is 11.3 Å². The number of alkyl halides is 2. The van der Waals surface area contributed by atoms with Crippen molar-refractivity contribution in [3.63, 3.8) is 0 Å². The highest BCUT2D eigenvalue weighted by Crippen LogP contribution is 2.34. The topological polar surface area (TPSA) is 132 Å². The molecule has 1 amide bonds. The Bertz CT molecular complexity index is 1270. The molecule has 11 heteroatoms. The van der Waals surface area contributed by atoms with Crippen molar-refractivity contribution in [1.29, 1.82) is 5.26 Å². The number of amides is 1. The van der Waals surface area contributed by atoms with Crippen LogP contribution in [0.3, 0.4) is 0 Å². The molecule has 186 valence electrons. The Morgan fingerprint density at radius 1 is 1.28 bits per heavy atom. The third-order valence-corrected chi connectivity index (χ3v) is 5.65. The zero-order chi connectivity index (χ0) is 25.7. The molecule has 3 aromatic rings. The van der Waals surface area contributed by atoms with Gasteiger partial charge >= 0.3 is 5.92 Å². The number of nitrogens with zero attached hydrogens (tertiary/aromatic N) is 4. The van der Waals surface area contributed by atoms with Crippen molar-refractivity contribution in [1.82, 2.24) is 14.9 Å². The Morgan fingerprint density at radius 3 is 2.75 bits per heavy atom. The third kappa shape index (κ3) is 5.56. The first kappa shape index (κ1) is 25.0. The van der Waals surface area contributed by atoms with E-state index in [2.05, 4.69) is 15.3 Å². The number of ether oxygens (including phenoxy) is 1. The molecule has 2 unspecified atom stereocenters. The van der Waals surface area contributed by atoms with E-state index in [1.807, 2.05) is 36.4 Å². The van der Waals surface area contributed by atoms with E-state index >= 15 is 0 Å². The Morgan fingerprint density at radius 2 is 2.06 bits per heavy atom. The molecule has 0 radical (unpaired) electrons. The number of nitriles is 1. The number of aliphatic hydroxyl groups excluding tert-OH is 2. The van der Waals surface area contributed by atoms with Crippen LogP contribution in [0, 0.1) is 11.3 Å². The monoisotopic (exact) mass is 495 g/mol. The number of aliphatic hydroxyl groups is 2. The number of aromatic nitrogens is 2. The number of halogens is 2. The number of piperidine rings is 1. The van der Waals surface area contributed by atoms with Gasteiger partial charge in [0.1, 0.15) is 11.8 Å². The summed E-state index contributed by atoms with van der Waals surface area (Å²) in [7, 11) is 0. The maximum absolute atomic E-state index is 14.8. The number of hydrogen-bond donors (Lipinski definition) is 3. The van der Waals surface area contributed by atoms with Gasteiger partial charge in [-0.25, -0.2) is 18.7 Å². The SMILES string of the molecule is N#Cc1cc(-c2ccnc(Nc3ccccc3)n2)ccc1OC1CCN(C(=O)C(O)CO)CC1(F)F. The fourth-order valence-corrected chi connectivity index (χ4v) is 3.80. The molecule has 2 heterocycles. The molecule has 2 aromatic carbocycles. The Kier molecular flexibility index (Phi) is 7.38. The van der Waals surface area contributed by atoms with E-state index in [4.69, 9.17) is 9.84 Å². The second kappa shape index (κ2) is 10.6. The van der Waals surface area contributed by atoms with E-state index in [-0.39, 0.29) is 24.3 Å². The van der Waals surface area contributed by atoms with Crippen molar-refractivity contribution < 1.29 is 28.5 Å². The quantitative estimate of drug-likeness (QED) is 0.456. The largest absolute Gasteiger partial charge is 0.483 e. The first-order chi connectivity index (χ1) is 17.3. The maximum Gasteiger partial charge on any atom is 0.301 e. The van der Waals surface area contributed by atoms with Crippen LogP contribution in [0.5, 0.6) is 5.75 Å². The van der Waals surface area contributed by atoms with Crippen molar-refractivity contribution in [2.24, 2.45) is 0 Å². The maximum atomic E-state index is 14.8. The van der Waals surface area contributed by atoms with Crippen LogP contribution in [0.1, 0.15) is 12.0 Å². The lowest BCUT2D eigenvalue weighted by Crippen LogP contribution is -2.57.